The van der Waals surface area contributed by atoms with Crippen LogP contribution in [-0.4, -0.2) is 13.4 Å². The molecule has 0 saturated carbocycles. The van der Waals surface area contributed by atoms with Crippen molar-refractivity contribution in [2.75, 3.05) is 5.73 Å². The lowest BCUT2D eigenvalue weighted by molar-refractivity contribution is -0.137. The van der Waals surface area contributed by atoms with Crippen LogP contribution in [0.4, 0.5) is 18.9 Å². The minimum Gasteiger partial charge on any atom is -0.399 e. The summed E-state index contributed by atoms with van der Waals surface area (Å²) in [6, 6.07) is 4.54. The van der Waals surface area contributed by atoms with E-state index in [0.717, 1.165) is 18.3 Å². The Balaban J connectivity index is 2.69. The van der Waals surface area contributed by atoms with E-state index in [0.29, 0.717) is 6.20 Å². The quantitative estimate of drug-likeness (QED) is 0.827. The first kappa shape index (κ1) is 15.3. The fourth-order valence-electron chi connectivity index (χ4n) is 1.76. The first-order valence-electron chi connectivity index (χ1n) is 5.54. The van der Waals surface area contributed by atoms with Crippen LogP contribution in [0.5, 0.6) is 0 Å². The number of sulfonamides is 1. The monoisotopic (exact) mass is 317 g/mol. The number of alkyl halides is 3. The molecule has 1 aromatic carbocycles. The molecular formula is C12H10F3N3O2S. The van der Waals surface area contributed by atoms with Crippen molar-refractivity contribution in [2.24, 2.45) is 5.14 Å². The van der Waals surface area contributed by atoms with Crippen molar-refractivity contribution in [1.82, 2.24) is 4.98 Å². The second kappa shape index (κ2) is 5.01. The molecule has 4 N–H and O–H groups in total. The van der Waals surface area contributed by atoms with E-state index in [4.69, 9.17) is 10.9 Å². The minimum absolute atomic E-state index is 0.00491. The molecule has 0 spiro atoms. The van der Waals surface area contributed by atoms with Crippen LogP contribution in [0.2, 0.25) is 0 Å². The highest BCUT2D eigenvalue weighted by molar-refractivity contribution is 7.89. The molecular weight excluding hydrogens is 307 g/mol. The predicted molar refractivity (Wildman–Crippen MR) is 70.5 cm³/mol. The second-order valence-electron chi connectivity index (χ2n) is 4.26. The molecule has 21 heavy (non-hydrogen) atoms. The Morgan fingerprint density at radius 1 is 1.10 bits per heavy atom. The summed E-state index contributed by atoms with van der Waals surface area (Å²) in [5.74, 6) is 0. The van der Waals surface area contributed by atoms with Gasteiger partial charge in [0.25, 0.3) is 0 Å². The summed E-state index contributed by atoms with van der Waals surface area (Å²) in [6.07, 6.45) is -2.81. The van der Waals surface area contributed by atoms with Crippen molar-refractivity contribution in [1.29, 1.82) is 0 Å². The number of primary sulfonamides is 1. The minimum atomic E-state index is -4.58. The summed E-state index contributed by atoms with van der Waals surface area (Å²) in [6.45, 7) is 0. The van der Waals surface area contributed by atoms with E-state index in [1.165, 1.54) is 12.1 Å². The summed E-state index contributed by atoms with van der Waals surface area (Å²) < 4.78 is 61.1. The Hall–Kier alpha value is -2.13. The van der Waals surface area contributed by atoms with E-state index in [9.17, 15) is 21.6 Å². The summed E-state index contributed by atoms with van der Waals surface area (Å²) in [4.78, 5) is 3.13. The Bertz CT molecular complexity index is 789. The van der Waals surface area contributed by atoms with Crippen molar-refractivity contribution < 1.29 is 21.6 Å². The van der Waals surface area contributed by atoms with Gasteiger partial charge < -0.3 is 5.73 Å². The highest BCUT2D eigenvalue weighted by Gasteiger charge is 2.31. The summed E-state index contributed by atoms with van der Waals surface area (Å²) >= 11 is 0. The van der Waals surface area contributed by atoms with Crippen molar-refractivity contribution >= 4 is 15.7 Å². The fraction of sp³-hybridized carbons (Fsp3) is 0.0833. The zero-order valence-electron chi connectivity index (χ0n) is 10.4. The van der Waals surface area contributed by atoms with Gasteiger partial charge in [-0.05, 0) is 18.2 Å². The van der Waals surface area contributed by atoms with E-state index in [-0.39, 0.29) is 21.7 Å². The van der Waals surface area contributed by atoms with Gasteiger partial charge in [-0.15, -0.1) is 0 Å². The summed E-state index contributed by atoms with van der Waals surface area (Å²) in [7, 11) is -4.14. The van der Waals surface area contributed by atoms with Gasteiger partial charge in [-0.2, -0.15) is 13.2 Å². The van der Waals surface area contributed by atoms with Crippen molar-refractivity contribution in [2.45, 2.75) is 11.1 Å². The van der Waals surface area contributed by atoms with Crippen LogP contribution in [0.15, 0.2) is 41.6 Å². The number of nitrogens with zero attached hydrogens (tertiary/aromatic N) is 1. The lowest BCUT2D eigenvalue weighted by Crippen LogP contribution is -2.14. The van der Waals surface area contributed by atoms with Gasteiger partial charge in [-0.3, -0.25) is 4.98 Å². The van der Waals surface area contributed by atoms with Crippen LogP contribution < -0.4 is 10.9 Å². The molecule has 0 atom stereocenters. The maximum atomic E-state index is 12.7. The smallest absolute Gasteiger partial charge is 0.399 e. The van der Waals surface area contributed by atoms with Crippen LogP contribution in [0.1, 0.15) is 5.56 Å². The Labute approximate surface area is 118 Å². The molecule has 0 unspecified atom stereocenters. The molecule has 0 aliphatic rings. The third-order valence-electron chi connectivity index (χ3n) is 2.69. The fourth-order valence-corrected chi connectivity index (χ4v) is 2.55. The predicted octanol–water partition coefficient (Wildman–Crippen LogP) is 2.00. The number of halogens is 3. The first-order valence-corrected chi connectivity index (χ1v) is 7.08. The zero-order valence-corrected chi connectivity index (χ0v) is 11.2. The number of hydrogen-bond donors (Lipinski definition) is 2. The average molecular weight is 317 g/mol. The van der Waals surface area contributed by atoms with E-state index in [1.54, 1.807) is 0 Å². The second-order valence-corrected chi connectivity index (χ2v) is 5.79. The number of nitrogen functional groups attached to an aromatic ring is 1. The Morgan fingerprint density at radius 2 is 1.76 bits per heavy atom. The first-order chi connectivity index (χ1) is 9.59. The third kappa shape index (κ3) is 3.31. The average Bonchev–Trinajstić information content (AvgIpc) is 2.37. The lowest BCUT2D eigenvalue weighted by Gasteiger charge is -2.11. The Kier molecular flexibility index (Phi) is 3.64. The number of aromatic nitrogens is 1. The van der Waals surface area contributed by atoms with Gasteiger partial charge in [-0.25, -0.2) is 13.6 Å². The maximum Gasteiger partial charge on any atom is 0.417 e. The number of benzene rings is 1. The maximum absolute atomic E-state index is 12.7. The van der Waals surface area contributed by atoms with Crippen molar-refractivity contribution in [3.63, 3.8) is 0 Å². The van der Waals surface area contributed by atoms with E-state index in [2.05, 4.69) is 4.98 Å². The number of pyridine rings is 1. The third-order valence-corrected chi connectivity index (χ3v) is 3.64. The number of nitrogens with two attached hydrogens (primary N) is 2. The van der Waals surface area contributed by atoms with E-state index >= 15 is 0 Å². The Morgan fingerprint density at radius 3 is 2.33 bits per heavy atom. The summed E-state index contributed by atoms with van der Waals surface area (Å²) in [5, 5.41) is 5.06. The van der Waals surface area contributed by atoms with Gasteiger partial charge in [0.2, 0.25) is 10.0 Å². The van der Waals surface area contributed by atoms with E-state index in [1.807, 2.05) is 0 Å². The SMILES string of the molecule is Nc1ccc(-c2cncc(C(F)(F)F)c2)c(S(N)(=O)=O)c1. The molecule has 0 radical (unpaired) electrons. The summed E-state index contributed by atoms with van der Waals surface area (Å²) in [5.41, 5.74) is 4.61. The molecule has 5 nitrogen and oxygen atoms in total. The highest BCUT2D eigenvalue weighted by Crippen LogP contribution is 2.33. The van der Waals surface area contributed by atoms with Gasteiger partial charge in [-0.1, -0.05) is 6.07 Å². The molecule has 1 heterocycles. The van der Waals surface area contributed by atoms with Crippen LogP contribution in [0.3, 0.4) is 0 Å². The van der Waals surface area contributed by atoms with Crippen molar-refractivity contribution in [3.05, 3.63) is 42.2 Å². The molecule has 0 bridgehead atoms. The highest BCUT2D eigenvalue weighted by atomic mass is 32.2. The molecule has 1 aromatic heterocycles. The molecule has 9 heteroatoms. The molecule has 2 aromatic rings. The molecule has 112 valence electrons. The van der Waals surface area contributed by atoms with Gasteiger partial charge in [0.05, 0.1) is 10.5 Å². The molecule has 0 saturated heterocycles. The zero-order chi connectivity index (χ0) is 15.8. The van der Waals surface area contributed by atoms with Gasteiger partial charge in [0, 0.05) is 29.2 Å². The molecule has 0 aliphatic carbocycles. The normalized spacial score (nSPS) is 12.4. The number of hydrogen-bond acceptors (Lipinski definition) is 4. The number of rotatable bonds is 2. The van der Waals surface area contributed by atoms with Crippen LogP contribution in [-0.2, 0) is 16.2 Å². The van der Waals surface area contributed by atoms with Crippen molar-refractivity contribution in [3.8, 4) is 11.1 Å². The largest absolute Gasteiger partial charge is 0.417 e. The molecule has 0 amide bonds. The van der Waals surface area contributed by atoms with Crippen LogP contribution >= 0.6 is 0 Å². The van der Waals surface area contributed by atoms with Gasteiger partial charge in [0.15, 0.2) is 0 Å². The number of anilines is 1. The van der Waals surface area contributed by atoms with E-state index < -0.39 is 21.8 Å². The molecule has 0 aliphatic heterocycles. The van der Waals surface area contributed by atoms with Gasteiger partial charge >= 0.3 is 6.18 Å². The molecule has 0 fully saturated rings. The standard InChI is InChI=1S/C12H10F3N3O2S/c13-12(14,15)8-3-7(5-18-6-8)10-2-1-9(16)4-11(10)21(17,19)20/h1-6H,16H2,(H2,17,19,20). The van der Waals surface area contributed by atoms with Gasteiger partial charge in [0.1, 0.15) is 0 Å². The van der Waals surface area contributed by atoms with Crippen LogP contribution in [0, 0.1) is 0 Å². The lowest BCUT2D eigenvalue weighted by atomic mass is 10.1. The van der Waals surface area contributed by atoms with Crippen LogP contribution in [0.25, 0.3) is 11.1 Å². The topological polar surface area (TPSA) is 99.1 Å². The molecule has 2 rings (SSSR count).